The molecule has 1 N–H and O–H groups in total. The van der Waals surface area contributed by atoms with Crippen LogP contribution in [0.25, 0.3) is 0 Å². The van der Waals surface area contributed by atoms with E-state index < -0.39 is 11.4 Å². The molecule has 5 heteroatoms. The topological polar surface area (TPSA) is 53.4 Å². The number of carbonyl (C=O) groups is 1. The van der Waals surface area contributed by atoms with Crippen molar-refractivity contribution < 1.29 is 9.90 Å². The lowest BCUT2D eigenvalue weighted by Gasteiger charge is -2.24. The first kappa shape index (κ1) is 12.5. The fraction of sp³-hybridized carbons (Fsp3) is 0.667. The molecular weight excluding hydrogens is 236 g/mol. The van der Waals surface area contributed by atoms with E-state index in [1.54, 1.807) is 11.3 Å². The van der Waals surface area contributed by atoms with Gasteiger partial charge < -0.3 is 5.11 Å². The SMILES string of the molecule is CCCC1(C(=O)O)CCN(Cc2cncs2)C1. The lowest BCUT2D eigenvalue weighted by molar-refractivity contribution is -0.148. The molecule has 94 valence electrons. The highest BCUT2D eigenvalue weighted by Crippen LogP contribution is 2.36. The Morgan fingerprint density at radius 3 is 3.12 bits per heavy atom. The number of thiazole rings is 1. The number of carboxylic acid groups (broad SMARTS) is 1. The quantitative estimate of drug-likeness (QED) is 0.875. The van der Waals surface area contributed by atoms with Crippen LogP contribution in [0.4, 0.5) is 0 Å². The van der Waals surface area contributed by atoms with Gasteiger partial charge in [-0.15, -0.1) is 11.3 Å². The second kappa shape index (κ2) is 5.14. The molecule has 0 saturated carbocycles. The summed E-state index contributed by atoms with van der Waals surface area (Å²) in [5.74, 6) is -0.633. The highest BCUT2D eigenvalue weighted by atomic mass is 32.1. The highest BCUT2D eigenvalue weighted by molar-refractivity contribution is 7.09. The molecule has 1 unspecified atom stereocenters. The van der Waals surface area contributed by atoms with Crippen LogP contribution < -0.4 is 0 Å². The van der Waals surface area contributed by atoms with Crippen molar-refractivity contribution in [1.82, 2.24) is 9.88 Å². The minimum atomic E-state index is -0.633. The Balaban J connectivity index is 1.99. The van der Waals surface area contributed by atoms with Gasteiger partial charge in [0.05, 0.1) is 10.9 Å². The maximum atomic E-state index is 11.4. The zero-order valence-electron chi connectivity index (χ0n) is 10.1. The van der Waals surface area contributed by atoms with Gasteiger partial charge >= 0.3 is 5.97 Å². The maximum Gasteiger partial charge on any atom is 0.310 e. The van der Waals surface area contributed by atoms with Gasteiger partial charge in [0.1, 0.15) is 0 Å². The van der Waals surface area contributed by atoms with E-state index in [0.717, 1.165) is 32.4 Å². The van der Waals surface area contributed by atoms with Crippen molar-refractivity contribution >= 4 is 17.3 Å². The predicted octanol–water partition coefficient (Wildman–Crippen LogP) is 2.22. The summed E-state index contributed by atoms with van der Waals surface area (Å²) in [4.78, 5) is 18.9. The van der Waals surface area contributed by atoms with Gasteiger partial charge in [-0.25, -0.2) is 0 Å². The fourth-order valence-electron chi connectivity index (χ4n) is 2.60. The van der Waals surface area contributed by atoms with E-state index in [1.807, 2.05) is 11.7 Å². The zero-order chi connectivity index (χ0) is 12.3. The standard InChI is InChI=1S/C12H18N2O2S/c1-2-3-12(11(15)16)4-5-14(8-12)7-10-6-13-9-17-10/h6,9H,2-5,7-8H2,1H3,(H,15,16). The molecular formula is C12H18N2O2S. The van der Waals surface area contributed by atoms with E-state index >= 15 is 0 Å². The van der Waals surface area contributed by atoms with E-state index in [9.17, 15) is 9.90 Å². The molecule has 1 fully saturated rings. The highest BCUT2D eigenvalue weighted by Gasteiger charge is 2.43. The minimum Gasteiger partial charge on any atom is -0.481 e. The second-order valence-electron chi connectivity index (χ2n) is 4.76. The van der Waals surface area contributed by atoms with Crippen LogP contribution in [-0.4, -0.2) is 34.0 Å². The van der Waals surface area contributed by atoms with Gasteiger partial charge in [0.2, 0.25) is 0 Å². The Kier molecular flexibility index (Phi) is 3.79. The molecule has 1 aromatic heterocycles. The Morgan fingerprint density at radius 1 is 1.71 bits per heavy atom. The maximum absolute atomic E-state index is 11.4. The van der Waals surface area contributed by atoms with Crippen molar-refractivity contribution in [2.24, 2.45) is 5.41 Å². The second-order valence-corrected chi connectivity index (χ2v) is 5.73. The largest absolute Gasteiger partial charge is 0.481 e. The molecule has 1 aliphatic heterocycles. The van der Waals surface area contributed by atoms with Crippen LogP contribution in [0, 0.1) is 5.41 Å². The molecule has 1 atom stereocenters. The molecule has 1 saturated heterocycles. The molecule has 2 heterocycles. The minimum absolute atomic E-state index is 0.514. The predicted molar refractivity (Wildman–Crippen MR) is 67.0 cm³/mol. The lowest BCUT2D eigenvalue weighted by Crippen LogP contribution is -2.34. The average molecular weight is 254 g/mol. The molecule has 0 spiro atoms. The van der Waals surface area contributed by atoms with Gasteiger partial charge in [-0.2, -0.15) is 0 Å². The summed E-state index contributed by atoms with van der Waals surface area (Å²) in [5, 5.41) is 9.40. The monoisotopic (exact) mass is 254 g/mol. The molecule has 1 aromatic rings. The van der Waals surface area contributed by atoms with Gasteiger partial charge in [-0.1, -0.05) is 13.3 Å². The first-order valence-corrected chi connectivity index (χ1v) is 6.87. The van der Waals surface area contributed by atoms with Crippen molar-refractivity contribution in [3.8, 4) is 0 Å². The number of hydrogen-bond acceptors (Lipinski definition) is 4. The van der Waals surface area contributed by atoms with Gasteiger partial charge in [-0.3, -0.25) is 14.7 Å². The lowest BCUT2D eigenvalue weighted by atomic mass is 9.83. The van der Waals surface area contributed by atoms with Gasteiger partial charge in [0.15, 0.2) is 0 Å². The number of nitrogens with zero attached hydrogens (tertiary/aromatic N) is 2. The molecule has 4 nitrogen and oxygen atoms in total. The van der Waals surface area contributed by atoms with E-state index in [-0.39, 0.29) is 0 Å². The molecule has 0 aromatic carbocycles. The number of hydrogen-bond donors (Lipinski definition) is 1. The number of aliphatic carboxylic acids is 1. The first-order valence-electron chi connectivity index (χ1n) is 5.99. The smallest absolute Gasteiger partial charge is 0.310 e. The summed E-state index contributed by atoms with van der Waals surface area (Å²) in [6, 6.07) is 0. The number of rotatable bonds is 5. The average Bonchev–Trinajstić information content (AvgIpc) is 2.90. The van der Waals surface area contributed by atoms with Crippen LogP contribution in [0.2, 0.25) is 0 Å². The third-order valence-electron chi connectivity index (χ3n) is 3.48. The zero-order valence-corrected chi connectivity index (χ0v) is 10.9. The summed E-state index contributed by atoms with van der Waals surface area (Å²) in [5.41, 5.74) is 1.31. The third kappa shape index (κ3) is 2.66. The molecule has 2 rings (SSSR count). The number of carboxylic acids is 1. The molecule has 0 aliphatic carbocycles. The van der Waals surface area contributed by atoms with Crippen LogP contribution in [0.1, 0.15) is 31.1 Å². The van der Waals surface area contributed by atoms with Crippen LogP contribution in [0.3, 0.4) is 0 Å². The van der Waals surface area contributed by atoms with Gasteiger partial charge in [0.25, 0.3) is 0 Å². The molecule has 0 bridgehead atoms. The Hall–Kier alpha value is -0.940. The molecule has 17 heavy (non-hydrogen) atoms. The summed E-state index contributed by atoms with van der Waals surface area (Å²) in [7, 11) is 0. The van der Waals surface area contributed by atoms with Crippen LogP contribution in [-0.2, 0) is 11.3 Å². The summed E-state index contributed by atoms with van der Waals surface area (Å²) >= 11 is 1.63. The van der Waals surface area contributed by atoms with Gasteiger partial charge in [-0.05, 0) is 19.4 Å². The van der Waals surface area contributed by atoms with Crippen LogP contribution >= 0.6 is 11.3 Å². The van der Waals surface area contributed by atoms with E-state index in [2.05, 4.69) is 16.8 Å². The van der Waals surface area contributed by atoms with Crippen LogP contribution in [0.5, 0.6) is 0 Å². The summed E-state index contributed by atoms with van der Waals surface area (Å²) in [6.45, 7) is 4.44. The van der Waals surface area contributed by atoms with Crippen molar-refractivity contribution in [3.63, 3.8) is 0 Å². The Morgan fingerprint density at radius 2 is 2.53 bits per heavy atom. The number of aromatic nitrogens is 1. The Bertz CT molecular complexity index is 380. The van der Waals surface area contributed by atoms with Crippen molar-refractivity contribution in [3.05, 3.63) is 16.6 Å². The fourth-order valence-corrected chi connectivity index (χ4v) is 3.23. The van der Waals surface area contributed by atoms with E-state index in [4.69, 9.17) is 0 Å². The normalized spacial score (nSPS) is 25.2. The first-order chi connectivity index (χ1) is 8.16. The Labute approximate surface area is 105 Å². The summed E-state index contributed by atoms with van der Waals surface area (Å²) < 4.78 is 0. The van der Waals surface area contributed by atoms with Crippen molar-refractivity contribution in [1.29, 1.82) is 0 Å². The molecule has 0 radical (unpaired) electrons. The van der Waals surface area contributed by atoms with Crippen molar-refractivity contribution in [2.75, 3.05) is 13.1 Å². The molecule has 0 amide bonds. The summed E-state index contributed by atoms with van der Waals surface area (Å²) in [6.07, 6.45) is 4.35. The van der Waals surface area contributed by atoms with Gasteiger partial charge in [0, 0.05) is 24.2 Å². The van der Waals surface area contributed by atoms with E-state index in [1.165, 1.54) is 4.88 Å². The van der Waals surface area contributed by atoms with E-state index in [0.29, 0.717) is 6.54 Å². The van der Waals surface area contributed by atoms with Crippen molar-refractivity contribution in [2.45, 2.75) is 32.7 Å². The number of likely N-dealkylation sites (tertiary alicyclic amines) is 1. The molecule has 1 aliphatic rings. The third-order valence-corrected chi connectivity index (χ3v) is 4.24. The van der Waals surface area contributed by atoms with Crippen LogP contribution in [0.15, 0.2) is 11.7 Å².